The van der Waals surface area contributed by atoms with Gasteiger partial charge in [0.2, 0.25) is 0 Å². The van der Waals surface area contributed by atoms with E-state index in [-0.39, 0.29) is 6.04 Å². The number of anilines is 1. The molecule has 0 fully saturated rings. The molecule has 0 saturated heterocycles. The van der Waals surface area contributed by atoms with E-state index in [1.54, 1.807) is 17.5 Å². The molecule has 92 valence electrons. The van der Waals surface area contributed by atoms with Gasteiger partial charge in [-0.2, -0.15) is 11.3 Å². The van der Waals surface area contributed by atoms with Crippen LogP contribution in [0, 0.1) is 0 Å². The highest BCUT2D eigenvalue weighted by Gasteiger charge is 2.11. The zero-order valence-electron chi connectivity index (χ0n) is 9.67. The average molecular weight is 323 g/mol. The summed E-state index contributed by atoms with van der Waals surface area (Å²) >= 11 is 5.11. The molecule has 1 atom stereocenters. The molecule has 3 rings (SSSR count). The maximum Gasteiger partial charge on any atom is 0.180 e. The van der Waals surface area contributed by atoms with E-state index in [2.05, 4.69) is 55.0 Å². The minimum absolute atomic E-state index is 0.207. The number of nitrogens with one attached hydrogen (secondary N) is 1. The van der Waals surface area contributed by atoms with E-state index in [4.69, 9.17) is 0 Å². The first-order valence-electron chi connectivity index (χ1n) is 5.52. The monoisotopic (exact) mass is 322 g/mol. The van der Waals surface area contributed by atoms with Crippen LogP contribution in [-0.2, 0) is 0 Å². The summed E-state index contributed by atoms with van der Waals surface area (Å²) in [6.07, 6.45) is 5.56. The third-order valence-electron chi connectivity index (χ3n) is 2.74. The van der Waals surface area contributed by atoms with E-state index >= 15 is 0 Å². The molecule has 1 unspecified atom stereocenters. The van der Waals surface area contributed by atoms with Crippen LogP contribution in [-0.4, -0.2) is 14.4 Å². The Kier molecular flexibility index (Phi) is 3.05. The number of aromatic nitrogens is 3. The molecule has 6 heteroatoms. The third kappa shape index (κ3) is 2.13. The van der Waals surface area contributed by atoms with Crippen LogP contribution in [0.2, 0.25) is 0 Å². The van der Waals surface area contributed by atoms with Gasteiger partial charge < -0.3 is 9.72 Å². The van der Waals surface area contributed by atoms with Crippen molar-refractivity contribution in [3.8, 4) is 0 Å². The van der Waals surface area contributed by atoms with Crippen molar-refractivity contribution < 1.29 is 0 Å². The maximum atomic E-state index is 4.45. The molecule has 0 saturated carbocycles. The largest absolute Gasteiger partial charge is 0.360 e. The van der Waals surface area contributed by atoms with Crippen LogP contribution in [0.25, 0.3) is 5.65 Å². The second-order valence-electron chi connectivity index (χ2n) is 3.99. The zero-order chi connectivity index (χ0) is 12.5. The molecule has 0 aliphatic heterocycles. The van der Waals surface area contributed by atoms with E-state index < -0.39 is 0 Å². The molecule has 3 aromatic rings. The second-order valence-corrected chi connectivity index (χ2v) is 5.59. The molecule has 3 aromatic heterocycles. The van der Waals surface area contributed by atoms with Gasteiger partial charge in [-0.15, -0.1) is 0 Å². The molecular weight excluding hydrogens is 312 g/mol. The smallest absolute Gasteiger partial charge is 0.180 e. The second kappa shape index (κ2) is 4.70. The lowest BCUT2D eigenvalue weighted by Gasteiger charge is -2.14. The lowest BCUT2D eigenvalue weighted by Crippen LogP contribution is -2.08. The van der Waals surface area contributed by atoms with Gasteiger partial charge in [0, 0.05) is 18.6 Å². The Bertz CT molecular complexity index is 662. The number of thiophene rings is 1. The van der Waals surface area contributed by atoms with E-state index in [1.165, 1.54) is 5.56 Å². The Balaban J connectivity index is 1.97. The summed E-state index contributed by atoms with van der Waals surface area (Å²) < 4.78 is 2.73. The van der Waals surface area contributed by atoms with Gasteiger partial charge in [-0.25, -0.2) is 9.97 Å². The van der Waals surface area contributed by atoms with Gasteiger partial charge >= 0.3 is 0 Å². The van der Waals surface area contributed by atoms with Gasteiger partial charge in [-0.1, -0.05) is 0 Å². The predicted molar refractivity (Wildman–Crippen MR) is 77.0 cm³/mol. The Morgan fingerprint density at radius 3 is 3.17 bits per heavy atom. The van der Waals surface area contributed by atoms with Crippen molar-refractivity contribution in [2.75, 3.05) is 5.32 Å². The minimum atomic E-state index is 0.207. The first kappa shape index (κ1) is 11.7. The molecule has 3 heterocycles. The van der Waals surface area contributed by atoms with Crippen LogP contribution in [0.1, 0.15) is 18.5 Å². The van der Waals surface area contributed by atoms with Gasteiger partial charge in [0.05, 0.1) is 6.04 Å². The third-order valence-corrected chi connectivity index (χ3v) is 3.82. The first-order valence-corrected chi connectivity index (χ1v) is 7.25. The fourth-order valence-electron chi connectivity index (χ4n) is 1.81. The van der Waals surface area contributed by atoms with Gasteiger partial charge in [-0.05, 0) is 45.2 Å². The Labute approximate surface area is 117 Å². The molecule has 0 bridgehead atoms. The number of nitrogens with zero attached hydrogens (tertiary/aromatic N) is 3. The van der Waals surface area contributed by atoms with Gasteiger partial charge in [-0.3, -0.25) is 0 Å². The number of hydrogen-bond donors (Lipinski definition) is 1. The highest BCUT2D eigenvalue weighted by atomic mass is 79.9. The fraction of sp³-hybridized carbons (Fsp3) is 0.167. The molecule has 0 aromatic carbocycles. The quantitative estimate of drug-likeness (QED) is 0.799. The van der Waals surface area contributed by atoms with Crippen LogP contribution in [0.4, 0.5) is 5.82 Å². The molecule has 0 aliphatic carbocycles. The summed E-state index contributed by atoms with van der Waals surface area (Å²) in [5.41, 5.74) is 2.09. The molecule has 4 nitrogen and oxygen atoms in total. The molecule has 0 aliphatic rings. The van der Waals surface area contributed by atoms with Crippen molar-refractivity contribution in [3.63, 3.8) is 0 Å². The number of imidazole rings is 1. The maximum absolute atomic E-state index is 4.45. The summed E-state index contributed by atoms with van der Waals surface area (Å²) in [4.78, 5) is 8.76. The Morgan fingerprint density at radius 2 is 2.39 bits per heavy atom. The molecule has 0 radical (unpaired) electrons. The molecular formula is C12H11BrN4S. The molecule has 1 N–H and O–H groups in total. The standard InChI is InChI=1S/C12H11BrN4S/c1-8(9-2-5-18-7-9)15-11-12-14-3-4-17(12)6-10(13)16-11/h2-8H,1H3,(H,15,16). The van der Waals surface area contributed by atoms with Crippen molar-refractivity contribution in [3.05, 3.63) is 45.6 Å². The average Bonchev–Trinajstić information content (AvgIpc) is 2.98. The number of hydrogen-bond acceptors (Lipinski definition) is 4. The summed E-state index contributed by atoms with van der Waals surface area (Å²) in [7, 11) is 0. The summed E-state index contributed by atoms with van der Waals surface area (Å²) in [5, 5.41) is 7.61. The highest BCUT2D eigenvalue weighted by molar-refractivity contribution is 9.10. The van der Waals surface area contributed by atoms with Gasteiger partial charge in [0.1, 0.15) is 4.60 Å². The Hall–Kier alpha value is -1.40. The summed E-state index contributed by atoms with van der Waals surface area (Å²) in [6, 6.07) is 2.32. The van der Waals surface area contributed by atoms with Crippen LogP contribution in [0.3, 0.4) is 0 Å². The Morgan fingerprint density at radius 1 is 1.50 bits per heavy atom. The predicted octanol–water partition coefficient (Wildman–Crippen LogP) is 3.73. The topological polar surface area (TPSA) is 42.2 Å². The number of halogens is 1. The summed E-state index contributed by atoms with van der Waals surface area (Å²) in [6.45, 7) is 2.12. The summed E-state index contributed by atoms with van der Waals surface area (Å²) in [5.74, 6) is 0.785. The van der Waals surface area contributed by atoms with Crippen LogP contribution in [0.5, 0.6) is 0 Å². The van der Waals surface area contributed by atoms with Crippen LogP contribution < -0.4 is 5.32 Å². The van der Waals surface area contributed by atoms with E-state index in [0.717, 1.165) is 16.1 Å². The lowest BCUT2D eigenvalue weighted by molar-refractivity contribution is 0.875. The highest BCUT2D eigenvalue weighted by Crippen LogP contribution is 2.23. The van der Waals surface area contributed by atoms with Crippen molar-refractivity contribution >= 4 is 38.7 Å². The van der Waals surface area contributed by atoms with Crippen molar-refractivity contribution in [1.82, 2.24) is 14.4 Å². The van der Waals surface area contributed by atoms with Crippen molar-refractivity contribution in [1.29, 1.82) is 0 Å². The molecule has 18 heavy (non-hydrogen) atoms. The van der Waals surface area contributed by atoms with Gasteiger partial charge in [0.15, 0.2) is 11.5 Å². The lowest BCUT2D eigenvalue weighted by atomic mass is 10.2. The number of fused-ring (bicyclic) bond motifs is 1. The van der Waals surface area contributed by atoms with Gasteiger partial charge in [0.25, 0.3) is 0 Å². The number of rotatable bonds is 3. The van der Waals surface area contributed by atoms with Crippen molar-refractivity contribution in [2.45, 2.75) is 13.0 Å². The van der Waals surface area contributed by atoms with Crippen molar-refractivity contribution in [2.24, 2.45) is 0 Å². The first-order chi connectivity index (χ1) is 8.74. The fourth-order valence-corrected chi connectivity index (χ4v) is 2.96. The van der Waals surface area contributed by atoms with E-state index in [0.29, 0.717) is 0 Å². The SMILES string of the molecule is CC(Nc1nc(Br)cn2ccnc12)c1ccsc1. The van der Waals surface area contributed by atoms with E-state index in [1.807, 2.05) is 16.8 Å². The normalized spacial score (nSPS) is 12.8. The molecule has 0 amide bonds. The van der Waals surface area contributed by atoms with Crippen LogP contribution >= 0.6 is 27.3 Å². The zero-order valence-corrected chi connectivity index (χ0v) is 12.1. The van der Waals surface area contributed by atoms with E-state index in [9.17, 15) is 0 Å². The molecule has 0 spiro atoms. The minimum Gasteiger partial charge on any atom is -0.360 e. The van der Waals surface area contributed by atoms with Crippen LogP contribution in [0.15, 0.2) is 40.0 Å².